The van der Waals surface area contributed by atoms with Gasteiger partial charge < -0.3 is 24.8 Å². The van der Waals surface area contributed by atoms with E-state index in [1.807, 2.05) is 22.7 Å². The standard InChI is InChI=1S/C29H29FN6O/c1-34-27-20(30)10-19(29(37)36-14-18-6-7-22(36)24(18)31)11-21(27)33-28(34)23-12-17-5-4-16-8-9-32-25(16)26(17)35(23)13-15-2-3-15/h4-5,8-12,15,18,22,24,32H,2-3,6-7,13-14,31H2,1H3/t18-,22-,24-/m1/s1. The fraction of sp³-hybridized carbons (Fsp3) is 0.379. The first-order valence-electron chi connectivity index (χ1n) is 13.3. The van der Waals surface area contributed by atoms with Crippen LogP contribution in [0.2, 0.25) is 0 Å². The fourth-order valence-corrected chi connectivity index (χ4v) is 6.91. The first-order chi connectivity index (χ1) is 18.0. The lowest BCUT2D eigenvalue weighted by molar-refractivity contribution is 0.0700. The van der Waals surface area contributed by atoms with Crippen LogP contribution in [0.15, 0.2) is 42.6 Å². The topological polar surface area (TPSA) is 84.9 Å². The Morgan fingerprint density at radius 2 is 1.95 bits per heavy atom. The first kappa shape index (κ1) is 21.4. The van der Waals surface area contributed by atoms with Crippen LogP contribution in [-0.4, -0.2) is 48.5 Å². The van der Waals surface area contributed by atoms with Crippen molar-refractivity contribution in [3.05, 3.63) is 54.0 Å². The van der Waals surface area contributed by atoms with Crippen LogP contribution in [0.1, 0.15) is 36.0 Å². The van der Waals surface area contributed by atoms with Crippen LogP contribution >= 0.6 is 0 Å². The van der Waals surface area contributed by atoms with E-state index < -0.39 is 5.82 Å². The fourth-order valence-electron chi connectivity index (χ4n) is 6.91. The van der Waals surface area contributed by atoms with E-state index in [0.29, 0.717) is 40.8 Å². The summed E-state index contributed by atoms with van der Waals surface area (Å²) in [5.41, 5.74) is 10.8. The van der Waals surface area contributed by atoms with Gasteiger partial charge in [-0.15, -0.1) is 0 Å². The minimum Gasteiger partial charge on any atom is -0.359 e. The van der Waals surface area contributed by atoms with Crippen molar-refractivity contribution in [2.45, 2.75) is 44.3 Å². The van der Waals surface area contributed by atoms with Gasteiger partial charge >= 0.3 is 0 Å². The molecule has 37 heavy (non-hydrogen) atoms. The normalized spacial score (nSPS) is 23.3. The lowest BCUT2D eigenvalue weighted by Gasteiger charge is -2.27. The Kier molecular flexibility index (Phi) is 4.31. The lowest BCUT2D eigenvalue weighted by atomic mass is 10.1. The number of piperidine rings is 1. The van der Waals surface area contributed by atoms with Crippen molar-refractivity contribution < 1.29 is 9.18 Å². The molecular weight excluding hydrogens is 467 g/mol. The average molecular weight is 497 g/mol. The van der Waals surface area contributed by atoms with E-state index in [0.717, 1.165) is 41.5 Å². The summed E-state index contributed by atoms with van der Waals surface area (Å²) in [6.45, 7) is 1.57. The average Bonchev–Trinajstić information content (AvgIpc) is 3.22. The quantitative estimate of drug-likeness (QED) is 0.375. The molecule has 7 nitrogen and oxygen atoms in total. The number of rotatable bonds is 4. The highest BCUT2D eigenvalue weighted by Gasteiger charge is 2.47. The summed E-state index contributed by atoms with van der Waals surface area (Å²) in [6.07, 6.45) is 6.42. The zero-order chi connectivity index (χ0) is 25.0. The highest BCUT2D eigenvalue weighted by atomic mass is 19.1. The predicted octanol–water partition coefficient (Wildman–Crippen LogP) is 4.79. The number of aromatic nitrogens is 4. The number of imidazole rings is 1. The Morgan fingerprint density at radius 3 is 2.70 bits per heavy atom. The van der Waals surface area contributed by atoms with Crippen LogP contribution in [0.5, 0.6) is 0 Å². The van der Waals surface area contributed by atoms with Gasteiger partial charge in [0.15, 0.2) is 5.82 Å². The maximum Gasteiger partial charge on any atom is 0.254 e. The highest BCUT2D eigenvalue weighted by Crippen LogP contribution is 2.40. The molecule has 188 valence electrons. The Hall–Kier alpha value is -3.65. The van der Waals surface area contributed by atoms with Gasteiger partial charge in [-0.3, -0.25) is 4.79 Å². The van der Waals surface area contributed by atoms with Gasteiger partial charge in [0.25, 0.3) is 5.91 Å². The maximum absolute atomic E-state index is 15.6. The third-order valence-corrected chi connectivity index (χ3v) is 9.04. The van der Waals surface area contributed by atoms with Crippen molar-refractivity contribution in [2.75, 3.05) is 6.54 Å². The van der Waals surface area contributed by atoms with Crippen molar-refractivity contribution in [1.82, 2.24) is 24.0 Å². The number of aryl methyl sites for hydroxylation is 1. The number of nitrogens with one attached hydrogen (secondary N) is 1. The number of nitrogens with two attached hydrogens (primary N) is 1. The summed E-state index contributed by atoms with van der Waals surface area (Å²) in [6, 6.07) is 11.7. The monoisotopic (exact) mass is 496 g/mol. The van der Waals surface area contributed by atoms with Gasteiger partial charge in [-0.05, 0) is 61.8 Å². The molecule has 2 bridgehead atoms. The van der Waals surface area contributed by atoms with Crippen molar-refractivity contribution >= 4 is 38.7 Å². The zero-order valence-corrected chi connectivity index (χ0v) is 20.7. The minimum atomic E-state index is -0.424. The van der Waals surface area contributed by atoms with Crippen LogP contribution in [0, 0.1) is 17.7 Å². The van der Waals surface area contributed by atoms with E-state index >= 15 is 4.39 Å². The number of amides is 1. The highest BCUT2D eigenvalue weighted by molar-refractivity contribution is 6.06. The summed E-state index contributed by atoms with van der Waals surface area (Å²) in [4.78, 5) is 23.6. The Bertz CT molecular complexity index is 1740. The Morgan fingerprint density at radius 1 is 1.11 bits per heavy atom. The van der Waals surface area contributed by atoms with Crippen LogP contribution < -0.4 is 5.73 Å². The van der Waals surface area contributed by atoms with Crippen LogP contribution in [0.25, 0.3) is 44.4 Å². The van der Waals surface area contributed by atoms with Crippen LogP contribution in [0.4, 0.5) is 4.39 Å². The van der Waals surface area contributed by atoms with Gasteiger partial charge in [0.05, 0.1) is 22.2 Å². The molecule has 1 aliphatic heterocycles. The van der Waals surface area contributed by atoms with E-state index in [1.54, 1.807) is 6.07 Å². The second-order valence-corrected chi connectivity index (χ2v) is 11.3. The number of carbonyl (C=O) groups is 1. The van der Waals surface area contributed by atoms with E-state index in [2.05, 4.69) is 33.8 Å². The van der Waals surface area contributed by atoms with Crippen LogP contribution in [-0.2, 0) is 13.6 Å². The predicted molar refractivity (Wildman–Crippen MR) is 142 cm³/mol. The molecule has 1 saturated heterocycles. The number of halogens is 1. The number of hydrogen-bond donors (Lipinski definition) is 2. The molecule has 4 heterocycles. The zero-order valence-electron chi connectivity index (χ0n) is 20.7. The second kappa shape index (κ2) is 7.44. The van der Waals surface area contributed by atoms with Crippen molar-refractivity contribution in [2.24, 2.45) is 24.6 Å². The summed E-state index contributed by atoms with van der Waals surface area (Å²) in [5.74, 6) is 1.14. The lowest BCUT2D eigenvalue weighted by Crippen LogP contribution is -2.41. The van der Waals surface area contributed by atoms with Gasteiger partial charge in [-0.2, -0.15) is 0 Å². The molecule has 0 radical (unpaired) electrons. The Labute approximate surface area is 213 Å². The molecule has 3 aliphatic rings. The molecule has 8 rings (SSSR count). The molecule has 5 aromatic rings. The van der Waals surface area contributed by atoms with Gasteiger partial charge in [0, 0.05) is 54.8 Å². The van der Waals surface area contributed by atoms with Gasteiger partial charge in [0.1, 0.15) is 11.3 Å². The molecule has 0 unspecified atom stereocenters. The van der Waals surface area contributed by atoms with Gasteiger partial charge in [-0.1, -0.05) is 12.1 Å². The van der Waals surface area contributed by atoms with E-state index in [9.17, 15) is 4.79 Å². The molecule has 8 heteroatoms. The number of H-pyrrole nitrogens is 1. The molecule has 2 aliphatic carbocycles. The molecule has 3 aromatic heterocycles. The van der Waals surface area contributed by atoms with Gasteiger partial charge in [0.2, 0.25) is 0 Å². The number of hydrogen-bond acceptors (Lipinski definition) is 3. The van der Waals surface area contributed by atoms with E-state index in [-0.39, 0.29) is 18.0 Å². The van der Waals surface area contributed by atoms with E-state index in [4.69, 9.17) is 10.7 Å². The first-order valence-corrected chi connectivity index (χ1v) is 13.3. The van der Waals surface area contributed by atoms with Gasteiger partial charge in [-0.25, -0.2) is 9.37 Å². The molecule has 1 amide bonds. The second-order valence-electron chi connectivity index (χ2n) is 11.3. The molecule has 3 N–H and O–H groups in total. The van der Waals surface area contributed by atoms with Crippen molar-refractivity contribution in [1.29, 1.82) is 0 Å². The number of benzene rings is 2. The summed E-state index contributed by atoms with van der Waals surface area (Å²) < 4.78 is 19.7. The maximum atomic E-state index is 15.6. The number of nitrogens with zero attached hydrogens (tertiary/aromatic N) is 4. The molecule has 0 spiro atoms. The van der Waals surface area contributed by atoms with Crippen molar-refractivity contribution in [3.8, 4) is 11.5 Å². The number of fused-ring (bicyclic) bond motifs is 6. The third kappa shape index (κ3) is 3.02. The molecule has 2 saturated carbocycles. The largest absolute Gasteiger partial charge is 0.359 e. The van der Waals surface area contributed by atoms with E-state index in [1.165, 1.54) is 24.3 Å². The third-order valence-electron chi connectivity index (χ3n) is 9.04. The summed E-state index contributed by atoms with van der Waals surface area (Å²) >= 11 is 0. The number of likely N-dealkylation sites (tertiary alicyclic amines) is 1. The molecule has 3 fully saturated rings. The smallest absolute Gasteiger partial charge is 0.254 e. The SMILES string of the molecule is Cn1c(-c2cc3ccc4cc[nH]c4c3n2CC2CC2)nc2cc(C(=O)N3C[C@H]4CC[C@@H]3[C@@H]4N)cc(F)c21. The number of aromatic amines is 1. The summed E-state index contributed by atoms with van der Waals surface area (Å²) in [5, 5.41) is 2.30. The molecule has 2 aromatic carbocycles. The summed E-state index contributed by atoms with van der Waals surface area (Å²) in [7, 11) is 1.86. The Balaban J connectivity index is 1.27. The molecule has 3 atom stereocenters. The number of carbonyl (C=O) groups excluding carboxylic acids is 1. The minimum absolute atomic E-state index is 0.0264. The van der Waals surface area contributed by atoms with Crippen LogP contribution in [0.3, 0.4) is 0 Å². The molecular formula is C29H29FN6O. The van der Waals surface area contributed by atoms with Crippen molar-refractivity contribution in [3.63, 3.8) is 0 Å².